The smallest absolute Gasteiger partial charge is 0.282 e. The van der Waals surface area contributed by atoms with Gasteiger partial charge in [-0.1, -0.05) is 0 Å². The van der Waals surface area contributed by atoms with Gasteiger partial charge in [-0.15, -0.1) is 11.3 Å². The summed E-state index contributed by atoms with van der Waals surface area (Å²) in [5, 5.41) is 9.84. The lowest BCUT2D eigenvalue weighted by Crippen LogP contribution is -2.33. The van der Waals surface area contributed by atoms with Crippen molar-refractivity contribution in [3.8, 4) is 11.4 Å². The third kappa shape index (κ3) is 4.70. The predicted octanol–water partition coefficient (Wildman–Crippen LogP) is 3.55. The van der Waals surface area contributed by atoms with Crippen molar-refractivity contribution in [2.75, 3.05) is 18.1 Å². The zero-order valence-corrected chi connectivity index (χ0v) is 17.6. The average molecular weight is 437 g/mol. The summed E-state index contributed by atoms with van der Waals surface area (Å²) in [5.41, 5.74) is 6.22. The van der Waals surface area contributed by atoms with Crippen LogP contribution >= 0.6 is 23.5 Å². The Hall–Kier alpha value is -2.59. The highest BCUT2D eigenvalue weighted by Gasteiger charge is 2.21. The summed E-state index contributed by atoms with van der Waals surface area (Å²) >= 11 is 1.48. The highest BCUT2D eigenvalue weighted by atomic mass is 32.2. The van der Waals surface area contributed by atoms with Crippen LogP contribution in [0.5, 0.6) is 5.75 Å². The fourth-order valence-electron chi connectivity index (χ4n) is 2.73. The van der Waals surface area contributed by atoms with Crippen molar-refractivity contribution >= 4 is 45.2 Å². The Morgan fingerprint density at radius 2 is 2.10 bits per heavy atom. The number of amides is 1. The van der Waals surface area contributed by atoms with Crippen molar-refractivity contribution in [1.29, 1.82) is 0 Å². The van der Waals surface area contributed by atoms with Crippen molar-refractivity contribution in [1.82, 2.24) is 15.1 Å². The van der Waals surface area contributed by atoms with Crippen LogP contribution in [0.2, 0.25) is 0 Å². The van der Waals surface area contributed by atoms with E-state index in [-0.39, 0.29) is 35.2 Å². The number of halogens is 1. The first kappa shape index (κ1) is 21.1. The van der Waals surface area contributed by atoms with Gasteiger partial charge >= 0.3 is 0 Å². The van der Waals surface area contributed by atoms with Crippen molar-refractivity contribution in [3.05, 3.63) is 45.7 Å². The first-order chi connectivity index (χ1) is 13.9. The molecule has 2 heterocycles. The van der Waals surface area contributed by atoms with Gasteiger partial charge in [-0.25, -0.2) is 0 Å². The monoisotopic (exact) mass is 436 g/mol. The third-order valence-corrected chi connectivity index (χ3v) is 5.29. The molecule has 0 saturated carbocycles. The summed E-state index contributed by atoms with van der Waals surface area (Å²) in [6.45, 7) is 4.08. The Kier molecular flexibility index (Phi) is 6.75. The number of ether oxygens (including phenoxy) is 1. The summed E-state index contributed by atoms with van der Waals surface area (Å²) < 4.78 is 18.8. The minimum Gasteiger partial charge on any atom is -0.494 e. The lowest BCUT2D eigenvalue weighted by Gasteiger charge is -2.12. The number of hydrogen-bond donors (Lipinski definition) is 2. The number of fused-ring (bicyclic) bond motifs is 1. The van der Waals surface area contributed by atoms with Crippen LogP contribution in [0.15, 0.2) is 34.4 Å². The second-order valence-electron chi connectivity index (χ2n) is 6.59. The third-order valence-electron chi connectivity index (χ3n) is 4.03. The summed E-state index contributed by atoms with van der Waals surface area (Å²) in [6.07, 6.45) is 0.590. The van der Waals surface area contributed by atoms with E-state index >= 15 is 0 Å². The summed E-state index contributed by atoms with van der Waals surface area (Å²) in [4.78, 5) is 25.6. The molecular formula is C19H21FN4O3S2. The number of rotatable bonds is 8. The summed E-state index contributed by atoms with van der Waals surface area (Å²) in [7, 11) is 0. The molecule has 0 saturated heterocycles. The number of nitrogen functional groups attached to an aromatic ring is 1. The van der Waals surface area contributed by atoms with Gasteiger partial charge in [0.25, 0.3) is 11.5 Å². The molecular weight excluding hydrogens is 415 g/mol. The highest BCUT2D eigenvalue weighted by Crippen LogP contribution is 2.27. The van der Waals surface area contributed by atoms with E-state index in [1.165, 1.54) is 16.0 Å². The zero-order chi connectivity index (χ0) is 21.0. The van der Waals surface area contributed by atoms with E-state index < -0.39 is 5.56 Å². The van der Waals surface area contributed by atoms with Crippen LogP contribution in [-0.2, 0) is 0 Å². The molecule has 10 heteroatoms. The highest BCUT2D eigenvalue weighted by molar-refractivity contribution is 7.94. The van der Waals surface area contributed by atoms with Gasteiger partial charge in [-0.2, -0.15) is 13.7 Å². The standard InChI is InChI=1S/C19H21FN4O3S2/c1-11(2)22-18(25)16-14-10-28-17(21)15(14)19(26)24(23-16)12-4-6-13(7-5-12)27-8-3-9-29-20/h4-7,10-11H,3,8-9,21H2,1-2H3,(H,22,25). The fraction of sp³-hybridized carbons (Fsp3) is 0.316. The van der Waals surface area contributed by atoms with E-state index in [9.17, 15) is 13.5 Å². The minimum absolute atomic E-state index is 0.0806. The lowest BCUT2D eigenvalue weighted by atomic mass is 10.2. The zero-order valence-electron chi connectivity index (χ0n) is 16.0. The normalized spacial score (nSPS) is 11.2. The summed E-state index contributed by atoms with van der Waals surface area (Å²) in [5.74, 6) is 0.600. The number of aromatic nitrogens is 2. The van der Waals surface area contributed by atoms with Gasteiger partial charge in [0.05, 0.1) is 22.7 Å². The molecule has 0 radical (unpaired) electrons. The van der Waals surface area contributed by atoms with Gasteiger partial charge in [0.1, 0.15) is 5.75 Å². The van der Waals surface area contributed by atoms with Gasteiger partial charge in [0, 0.05) is 34.7 Å². The maximum Gasteiger partial charge on any atom is 0.282 e. The molecule has 0 aliphatic heterocycles. The first-order valence-electron chi connectivity index (χ1n) is 9.00. The molecule has 0 aliphatic rings. The molecule has 0 bridgehead atoms. The van der Waals surface area contributed by atoms with E-state index in [1.807, 2.05) is 13.8 Å². The molecule has 0 unspecified atom stereocenters. The van der Waals surface area contributed by atoms with Crippen LogP contribution in [-0.4, -0.2) is 34.1 Å². The molecule has 7 nitrogen and oxygen atoms in total. The number of benzene rings is 1. The molecule has 29 heavy (non-hydrogen) atoms. The molecule has 2 aromatic heterocycles. The first-order valence-corrected chi connectivity index (χ1v) is 10.8. The molecule has 0 aliphatic carbocycles. The molecule has 0 spiro atoms. The van der Waals surface area contributed by atoms with Crippen LogP contribution < -0.4 is 21.3 Å². The van der Waals surface area contributed by atoms with Crippen molar-refractivity contribution in [3.63, 3.8) is 0 Å². The maximum atomic E-state index is 13.0. The number of nitrogens with one attached hydrogen (secondary N) is 1. The quantitative estimate of drug-likeness (QED) is 0.524. The van der Waals surface area contributed by atoms with E-state index in [4.69, 9.17) is 10.5 Å². The Morgan fingerprint density at radius 1 is 1.38 bits per heavy atom. The molecule has 0 fully saturated rings. The van der Waals surface area contributed by atoms with Crippen LogP contribution in [0.3, 0.4) is 0 Å². The Morgan fingerprint density at radius 3 is 2.76 bits per heavy atom. The van der Waals surface area contributed by atoms with E-state index in [0.717, 1.165) is 0 Å². The van der Waals surface area contributed by atoms with Crippen LogP contribution in [0.1, 0.15) is 30.8 Å². The lowest BCUT2D eigenvalue weighted by molar-refractivity contribution is 0.0938. The predicted molar refractivity (Wildman–Crippen MR) is 116 cm³/mol. The van der Waals surface area contributed by atoms with Crippen LogP contribution in [0, 0.1) is 0 Å². The van der Waals surface area contributed by atoms with Gasteiger partial charge < -0.3 is 15.8 Å². The molecule has 1 amide bonds. The molecule has 3 rings (SSSR count). The van der Waals surface area contributed by atoms with Crippen LogP contribution in [0.25, 0.3) is 16.5 Å². The van der Waals surface area contributed by atoms with Gasteiger partial charge in [0.15, 0.2) is 5.69 Å². The largest absolute Gasteiger partial charge is 0.494 e. The molecule has 3 N–H and O–H groups in total. The van der Waals surface area contributed by atoms with E-state index in [0.29, 0.717) is 40.6 Å². The molecule has 154 valence electrons. The van der Waals surface area contributed by atoms with Gasteiger partial charge in [-0.3, -0.25) is 9.59 Å². The molecule has 3 aromatic rings. The van der Waals surface area contributed by atoms with E-state index in [1.54, 1.807) is 29.6 Å². The van der Waals surface area contributed by atoms with Gasteiger partial charge in [0.2, 0.25) is 0 Å². The Balaban J connectivity index is 1.98. The average Bonchev–Trinajstić information content (AvgIpc) is 3.08. The number of carbonyl (C=O) groups excluding carboxylic acids is 1. The number of nitrogens with two attached hydrogens (primary N) is 1. The molecule has 1 aromatic carbocycles. The number of hydrogen-bond acceptors (Lipinski definition) is 7. The maximum absolute atomic E-state index is 13.0. The molecule has 0 atom stereocenters. The minimum atomic E-state index is -0.395. The fourth-order valence-corrected chi connectivity index (χ4v) is 3.75. The van der Waals surface area contributed by atoms with Crippen molar-refractivity contribution in [2.24, 2.45) is 0 Å². The second kappa shape index (κ2) is 9.27. The topological polar surface area (TPSA) is 99.2 Å². The van der Waals surface area contributed by atoms with E-state index in [2.05, 4.69) is 10.4 Å². The van der Waals surface area contributed by atoms with Crippen molar-refractivity contribution in [2.45, 2.75) is 26.3 Å². The van der Waals surface area contributed by atoms with Crippen LogP contribution in [0.4, 0.5) is 8.89 Å². The number of nitrogens with zero attached hydrogens (tertiary/aromatic N) is 2. The van der Waals surface area contributed by atoms with Crippen molar-refractivity contribution < 1.29 is 13.4 Å². The number of anilines is 1. The Labute approximate surface area is 175 Å². The second-order valence-corrected chi connectivity index (χ2v) is 8.13. The van der Waals surface area contributed by atoms with Gasteiger partial charge in [-0.05, 0) is 44.5 Å². The number of thiophene rings is 1. The number of carbonyl (C=O) groups is 1. The SMILES string of the molecule is CC(C)NC(=O)c1nn(-c2ccc(OCCCSF)cc2)c(=O)c2c(N)scc12. The Bertz CT molecular complexity index is 1060. The summed E-state index contributed by atoms with van der Waals surface area (Å²) in [6, 6.07) is 6.66.